The predicted molar refractivity (Wildman–Crippen MR) is 79.3 cm³/mol. The first-order valence-electron chi connectivity index (χ1n) is 7.06. The lowest BCUT2D eigenvalue weighted by Gasteiger charge is -2.17. The van der Waals surface area contributed by atoms with Crippen LogP contribution in [-0.4, -0.2) is 33.6 Å². The lowest BCUT2D eigenvalue weighted by molar-refractivity contribution is -0.139. The van der Waals surface area contributed by atoms with Crippen molar-refractivity contribution in [2.24, 2.45) is 5.14 Å². The highest BCUT2D eigenvalue weighted by Gasteiger charge is 2.41. The Hall–Kier alpha value is -2.14. The number of hydrogen-bond donors (Lipinski definition) is 1. The molecular weight excluding hydrogens is 367 g/mol. The number of sulfonamides is 1. The topological polar surface area (TPSA) is 113 Å². The molecule has 0 saturated carbocycles. The van der Waals surface area contributed by atoms with E-state index in [1.807, 2.05) is 0 Å². The van der Waals surface area contributed by atoms with Crippen molar-refractivity contribution < 1.29 is 40.7 Å². The number of carbonyl (C=O) groups is 2. The molecule has 0 fully saturated rings. The molecule has 11 heteroatoms. The molecule has 0 amide bonds. The normalized spacial score (nSPS) is 11.9. The lowest BCUT2D eigenvalue weighted by atomic mass is 10.0. The van der Waals surface area contributed by atoms with Crippen molar-refractivity contribution in [3.8, 4) is 0 Å². The lowest BCUT2D eigenvalue weighted by Crippen LogP contribution is -2.26. The van der Waals surface area contributed by atoms with E-state index < -0.39 is 49.7 Å². The molecule has 2 N–H and O–H groups in total. The first-order valence-corrected chi connectivity index (χ1v) is 8.61. The van der Waals surface area contributed by atoms with Gasteiger partial charge in [0.15, 0.2) is 0 Å². The molecule has 0 spiro atoms. The van der Waals surface area contributed by atoms with Gasteiger partial charge < -0.3 is 9.47 Å². The largest absolute Gasteiger partial charge is 0.462 e. The first kappa shape index (κ1) is 20.9. The Morgan fingerprint density at radius 1 is 1.12 bits per heavy atom. The molecule has 0 atom stereocenters. The predicted octanol–water partition coefficient (Wildman–Crippen LogP) is 2.10. The van der Waals surface area contributed by atoms with E-state index in [0.717, 1.165) is 0 Å². The van der Waals surface area contributed by atoms with Crippen LogP contribution < -0.4 is 5.14 Å². The average Bonchev–Trinajstić information content (AvgIpc) is 2.49. The smallest absolute Gasteiger partial charge is 0.417 e. The van der Waals surface area contributed by atoms with E-state index in [4.69, 9.17) is 9.88 Å². The fourth-order valence-electron chi connectivity index (χ4n) is 1.95. The fourth-order valence-corrected chi connectivity index (χ4v) is 2.92. The molecule has 1 aromatic carbocycles. The summed E-state index contributed by atoms with van der Waals surface area (Å²) in [4.78, 5) is 22.6. The highest BCUT2D eigenvalue weighted by molar-refractivity contribution is 7.89. The van der Waals surface area contributed by atoms with Gasteiger partial charge in [0, 0.05) is 0 Å². The molecule has 0 aliphatic carbocycles. The molecule has 1 aromatic rings. The zero-order chi connectivity index (χ0) is 19.4. The minimum Gasteiger partial charge on any atom is -0.462 e. The van der Waals surface area contributed by atoms with Crippen LogP contribution in [0.4, 0.5) is 13.2 Å². The van der Waals surface area contributed by atoms with E-state index in [9.17, 15) is 31.2 Å². The minimum atomic E-state index is -5.13. The van der Waals surface area contributed by atoms with Crippen molar-refractivity contribution >= 4 is 22.0 Å². The molecule has 0 unspecified atom stereocenters. The van der Waals surface area contributed by atoms with Crippen LogP contribution in [0.25, 0.3) is 0 Å². The number of ether oxygens (including phenoxy) is 2. The highest BCUT2D eigenvalue weighted by Crippen LogP contribution is 2.37. The summed E-state index contributed by atoms with van der Waals surface area (Å²) in [5, 5.41) is 4.88. The number of halogens is 3. The zero-order valence-corrected chi connectivity index (χ0v) is 14.2. The first-order chi connectivity index (χ1) is 11.4. The summed E-state index contributed by atoms with van der Waals surface area (Å²) < 4.78 is 72.4. The summed E-state index contributed by atoms with van der Waals surface area (Å²) in [5.74, 6) is -2.59. The van der Waals surface area contributed by atoms with Gasteiger partial charge in [-0.3, -0.25) is 0 Å². The van der Waals surface area contributed by atoms with Crippen molar-refractivity contribution in [1.82, 2.24) is 0 Å². The van der Waals surface area contributed by atoms with Gasteiger partial charge in [-0.05, 0) is 25.5 Å². The summed E-state index contributed by atoms with van der Waals surface area (Å²) in [6.07, 6.45) is -4.81. The standard InChI is InChI=1S/C14H16F3NO6S/c1-3-7-24-13(20)10-8(12(19)23-4-2)5-6-9(14(15,16)17)11(10)25(18,21)22/h5-6H,3-4,7H2,1-2H3,(H2,18,21,22). The Morgan fingerprint density at radius 2 is 1.72 bits per heavy atom. The van der Waals surface area contributed by atoms with E-state index >= 15 is 0 Å². The number of alkyl halides is 3. The molecule has 0 heterocycles. The molecule has 0 aromatic heterocycles. The van der Waals surface area contributed by atoms with Crippen molar-refractivity contribution in [3.05, 3.63) is 28.8 Å². The maximum atomic E-state index is 13.2. The number of esters is 2. The van der Waals surface area contributed by atoms with Crippen LogP contribution in [0.3, 0.4) is 0 Å². The van der Waals surface area contributed by atoms with Crippen LogP contribution in [0, 0.1) is 0 Å². The van der Waals surface area contributed by atoms with Gasteiger partial charge in [0.2, 0.25) is 10.0 Å². The van der Waals surface area contributed by atoms with Crippen LogP contribution in [0.1, 0.15) is 46.5 Å². The second-order valence-corrected chi connectivity index (χ2v) is 6.26. The SMILES string of the molecule is CCCOC(=O)c1c(C(=O)OCC)ccc(C(F)(F)F)c1S(N)(=O)=O. The summed E-state index contributed by atoms with van der Waals surface area (Å²) in [6.45, 7) is 2.71. The fraction of sp³-hybridized carbons (Fsp3) is 0.429. The van der Waals surface area contributed by atoms with Gasteiger partial charge in [-0.25, -0.2) is 23.1 Å². The van der Waals surface area contributed by atoms with Gasteiger partial charge in [-0.1, -0.05) is 6.92 Å². The van der Waals surface area contributed by atoms with E-state index in [2.05, 4.69) is 4.74 Å². The van der Waals surface area contributed by atoms with E-state index in [0.29, 0.717) is 18.6 Å². The second-order valence-electron chi connectivity index (χ2n) is 4.76. The summed E-state index contributed by atoms with van der Waals surface area (Å²) in [6, 6.07) is 1.00. The number of primary sulfonamides is 1. The molecule has 0 saturated heterocycles. The van der Waals surface area contributed by atoms with E-state index in [-0.39, 0.29) is 13.2 Å². The van der Waals surface area contributed by atoms with Crippen LogP contribution in [0.15, 0.2) is 17.0 Å². The van der Waals surface area contributed by atoms with Gasteiger partial charge in [-0.15, -0.1) is 0 Å². The second kappa shape index (κ2) is 7.83. The maximum Gasteiger partial charge on any atom is 0.417 e. The van der Waals surface area contributed by atoms with Crippen LogP contribution in [0.5, 0.6) is 0 Å². The van der Waals surface area contributed by atoms with Gasteiger partial charge >= 0.3 is 18.1 Å². The molecule has 1 rings (SSSR count). The number of benzene rings is 1. The molecule has 25 heavy (non-hydrogen) atoms. The number of carbonyl (C=O) groups excluding carboxylic acids is 2. The number of rotatable bonds is 6. The quantitative estimate of drug-likeness (QED) is 0.753. The molecule has 0 bridgehead atoms. The van der Waals surface area contributed by atoms with Crippen molar-refractivity contribution in [2.75, 3.05) is 13.2 Å². The highest BCUT2D eigenvalue weighted by atomic mass is 32.2. The van der Waals surface area contributed by atoms with Crippen LogP contribution in [-0.2, 0) is 25.7 Å². The molecular formula is C14H16F3NO6S. The molecule has 140 valence electrons. The Kier molecular flexibility index (Phi) is 6.54. The third-order valence-corrected chi connectivity index (χ3v) is 3.88. The molecule has 7 nitrogen and oxygen atoms in total. The Balaban J connectivity index is 3.84. The van der Waals surface area contributed by atoms with Crippen LogP contribution >= 0.6 is 0 Å². The Bertz CT molecular complexity index is 774. The molecule has 0 radical (unpaired) electrons. The van der Waals surface area contributed by atoms with Gasteiger partial charge in [0.1, 0.15) is 4.90 Å². The van der Waals surface area contributed by atoms with E-state index in [1.165, 1.54) is 6.92 Å². The summed E-state index contributed by atoms with van der Waals surface area (Å²) in [7, 11) is -5.02. The monoisotopic (exact) mass is 383 g/mol. The Labute approximate surface area is 141 Å². The summed E-state index contributed by atoms with van der Waals surface area (Å²) >= 11 is 0. The number of hydrogen-bond acceptors (Lipinski definition) is 6. The van der Waals surface area contributed by atoms with Crippen LogP contribution in [0.2, 0.25) is 0 Å². The maximum absolute atomic E-state index is 13.2. The Morgan fingerprint density at radius 3 is 2.16 bits per heavy atom. The summed E-state index contributed by atoms with van der Waals surface area (Å²) in [5.41, 5.74) is -3.45. The molecule has 0 aliphatic rings. The zero-order valence-electron chi connectivity index (χ0n) is 13.3. The van der Waals surface area contributed by atoms with Gasteiger partial charge in [0.05, 0.1) is 29.9 Å². The van der Waals surface area contributed by atoms with Crippen molar-refractivity contribution in [1.29, 1.82) is 0 Å². The average molecular weight is 383 g/mol. The van der Waals surface area contributed by atoms with Gasteiger partial charge in [-0.2, -0.15) is 13.2 Å². The van der Waals surface area contributed by atoms with E-state index in [1.54, 1.807) is 6.92 Å². The third-order valence-electron chi connectivity index (χ3n) is 2.88. The minimum absolute atomic E-state index is 0.145. The van der Waals surface area contributed by atoms with Gasteiger partial charge in [0.25, 0.3) is 0 Å². The van der Waals surface area contributed by atoms with Crippen molar-refractivity contribution in [3.63, 3.8) is 0 Å². The molecule has 0 aliphatic heterocycles. The third kappa shape index (κ3) is 4.92. The number of nitrogens with two attached hydrogens (primary N) is 1. The van der Waals surface area contributed by atoms with Crippen molar-refractivity contribution in [2.45, 2.75) is 31.3 Å².